The highest BCUT2D eigenvalue weighted by molar-refractivity contribution is 6.42. The second kappa shape index (κ2) is 5.69. The molecule has 0 spiro atoms. The first kappa shape index (κ1) is 13.3. The molecule has 0 amide bonds. The van der Waals surface area contributed by atoms with E-state index in [0.717, 1.165) is 12.1 Å². The lowest BCUT2D eigenvalue weighted by Gasteiger charge is -2.14. The highest BCUT2D eigenvalue weighted by atomic mass is 35.5. The Morgan fingerprint density at radius 3 is 2.61 bits per heavy atom. The molecular formula is C12H13Cl2N3O. The van der Waals surface area contributed by atoms with Crippen LogP contribution in [0.15, 0.2) is 22.7 Å². The van der Waals surface area contributed by atoms with Gasteiger partial charge in [-0.15, -0.1) is 0 Å². The Morgan fingerprint density at radius 1 is 1.22 bits per heavy atom. The van der Waals surface area contributed by atoms with Gasteiger partial charge in [0.05, 0.1) is 16.6 Å². The molecule has 0 aliphatic rings. The molecule has 2 aromatic rings. The van der Waals surface area contributed by atoms with Gasteiger partial charge >= 0.3 is 0 Å². The molecule has 0 N–H and O–H groups in total. The van der Waals surface area contributed by atoms with E-state index in [1.165, 1.54) is 0 Å². The largest absolute Gasteiger partial charge is 0.338 e. The van der Waals surface area contributed by atoms with Gasteiger partial charge in [-0.05, 0) is 31.7 Å². The molecule has 1 aromatic heterocycles. The lowest BCUT2D eigenvalue weighted by molar-refractivity contribution is 0.260. The number of hydrogen-bond donors (Lipinski definition) is 0. The number of benzene rings is 1. The van der Waals surface area contributed by atoms with Gasteiger partial charge in [0.25, 0.3) is 0 Å². The van der Waals surface area contributed by atoms with Gasteiger partial charge in [0, 0.05) is 6.54 Å². The third-order valence-corrected chi connectivity index (χ3v) is 3.15. The summed E-state index contributed by atoms with van der Waals surface area (Å²) in [6.45, 7) is 3.13. The number of rotatable bonds is 4. The maximum Gasteiger partial charge on any atom is 0.240 e. The first-order chi connectivity index (χ1) is 8.54. The molecule has 0 fully saturated rings. The molecule has 0 aliphatic carbocycles. The van der Waals surface area contributed by atoms with E-state index >= 15 is 0 Å². The summed E-state index contributed by atoms with van der Waals surface area (Å²) in [4.78, 5) is 6.22. The minimum absolute atomic E-state index is 0.565. The predicted octanol–water partition coefficient (Wildman–Crippen LogP) is 3.32. The Balaban J connectivity index is 1.98. The van der Waals surface area contributed by atoms with Gasteiger partial charge in [-0.1, -0.05) is 34.4 Å². The Kier molecular flexibility index (Phi) is 4.22. The van der Waals surface area contributed by atoms with Gasteiger partial charge in [-0.25, -0.2) is 0 Å². The van der Waals surface area contributed by atoms with E-state index in [0.29, 0.717) is 28.3 Å². The number of aryl methyl sites for hydroxylation is 1. The monoisotopic (exact) mass is 285 g/mol. The number of halogens is 2. The lowest BCUT2D eigenvalue weighted by Crippen LogP contribution is -2.17. The Hall–Kier alpha value is -1.10. The smallest absolute Gasteiger partial charge is 0.240 e. The summed E-state index contributed by atoms with van der Waals surface area (Å²) in [5.41, 5.74) is 1.09. The summed E-state index contributed by atoms with van der Waals surface area (Å²) in [7, 11) is 1.97. The highest BCUT2D eigenvalue weighted by Gasteiger charge is 2.08. The average Bonchev–Trinajstić information content (AvgIpc) is 2.69. The first-order valence-electron chi connectivity index (χ1n) is 5.46. The Labute approximate surface area is 115 Å². The summed E-state index contributed by atoms with van der Waals surface area (Å²) in [5, 5.41) is 4.88. The normalized spacial score (nSPS) is 11.2. The van der Waals surface area contributed by atoms with Crippen molar-refractivity contribution in [2.24, 2.45) is 0 Å². The van der Waals surface area contributed by atoms with Crippen LogP contribution in [-0.2, 0) is 13.1 Å². The van der Waals surface area contributed by atoms with Crippen LogP contribution in [0.2, 0.25) is 10.0 Å². The predicted molar refractivity (Wildman–Crippen MR) is 70.7 cm³/mol. The lowest BCUT2D eigenvalue weighted by atomic mass is 10.2. The molecule has 1 aromatic carbocycles. The fraction of sp³-hybridized carbons (Fsp3) is 0.333. The van der Waals surface area contributed by atoms with Gasteiger partial charge in [-0.3, -0.25) is 4.90 Å². The molecule has 0 aliphatic heterocycles. The SMILES string of the molecule is Cc1noc(CN(C)Cc2ccc(Cl)c(Cl)c2)n1. The van der Waals surface area contributed by atoms with E-state index in [-0.39, 0.29) is 0 Å². The van der Waals surface area contributed by atoms with Crippen molar-refractivity contribution >= 4 is 23.2 Å². The second-order valence-corrected chi connectivity index (χ2v) is 4.97. The maximum atomic E-state index is 5.97. The number of aromatic nitrogens is 2. The van der Waals surface area contributed by atoms with E-state index in [9.17, 15) is 0 Å². The van der Waals surface area contributed by atoms with Crippen LogP contribution in [-0.4, -0.2) is 22.1 Å². The molecule has 2 rings (SSSR count). The zero-order valence-electron chi connectivity index (χ0n) is 10.2. The minimum Gasteiger partial charge on any atom is -0.338 e. The van der Waals surface area contributed by atoms with Crippen LogP contribution in [0.5, 0.6) is 0 Å². The first-order valence-corrected chi connectivity index (χ1v) is 6.22. The van der Waals surface area contributed by atoms with Crippen LogP contribution in [0.4, 0.5) is 0 Å². The second-order valence-electron chi connectivity index (χ2n) is 4.16. The molecule has 96 valence electrons. The fourth-order valence-electron chi connectivity index (χ4n) is 1.64. The van der Waals surface area contributed by atoms with Gasteiger partial charge in [-0.2, -0.15) is 4.98 Å². The average molecular weight is 286 g/mol. The van der Waals surface area contributed by atoms with Crippen molar-refractivity contribution in [2.75, 3.05) is 7.05 Å². The van der Waals surface area contributed by atoms with E-state index in [1.807, 2.05) is 19.2 Å². The van der Waals surface area contributed by atoms with E-state index < -0.39 is 0 Å². The number of hydrogen-bond acceptors (Lipinski definition) is 4. The zero-order chi connectivity index (χ0) is 13.1. The molecule has 1 heterocycles. The number of nitrogens with zero attached hydrogens (tertiary/aromatic N) is 3. The van der Waals surface area contributed by atoms with E-state index in [1.54, 1.807) is 13.0 Å². The Morgan fingerprint density at radius 2 is 2.00 bits per heavy atom. The van der Waals surface area contributed by atoms with Gasteiger partial charge in [0.2, 0.25) is 5.89 Å². The van der Waals surface area contributed by atoms with Crippen LogP contribution in [0.25, 0.3) is 0 Å². The molecule has 0 saturated heterocycles. The van der Waals surface area contributed by atoms with Crippen LogP contribution < -0.4 is 0 Å². The summed E-state index contributed by atoms with van der Waals surface area (Å²) < 4.78 is 5.07. The van der Waals surface area contributed by atoms with Crippen molar-refractivity contribution in [3.8, 4) is 0 Å². The molecule has 0 saturated carbocycles. The summed E-state index contributed by atoms with van der Waals surface area (Å²) in [6.07, 6.45) is 0. The molecule has 6 heteroatoms. The third kappa shape index (κ3) is 3.45. The van der Waals surface area contributed by atoms with E-state index in [4.69, 9.17) is 27.7 Å². The minimum atomic E-state index is 0.565. The van der Waals surface area contributed by atoms with Gasteiger partial charge in [0.1, 0.15) is 0 Å². The van der Waals surface area contributed by atoms with Gasteiger partial charge < -0.3 is 4.52 Å². The molecular weight excluding hydrogens is 273 g/mol. The maximum absolute atomic E-state index is 5.97. The standard InChI is InChI=1S/C12H13Cl2N3O/c1-8-15-12(18-16-8)7-17(2)6-9-3-4-10(13)11(14)5-9/h3-5H,6-7H2,1-2H3. The van der Waals surface area contributed by atoms with Crippen LogP contribution in [0.1, 0.15) is 17.3 Å². The Bertz CT molecular complexity index is 542. The fourth-order valence-corrected chi connectivity index (χ4v) is 1.96. The summed E-state index contributed by atoms with van der Waals surface area (Å²) >= 11 is 11.8. The van der Waals surface area contributed by atoms with Gasteiger partial charge in [0.15, 0.2) is 5.82 Å². The topological polar surface area (TPSA) is 42.2 Å². The summed E-state index contributed by atoms with van der Waals surface area (Å²) in [6, 6.07) is 5.60. The molecule has 0 bridgehead atoms. The van der Waals surface area contributed by atoms with Crippen molar-refractivity contribution in [3.63, 3.8) is 0 Å². The quantitative estimate of drug-likeness (QED) is 0.864. The summed E-state index contributed by atoms with van der Waals surface area (Å²) in [5.74, 6) is 1.25. The molecule has 18 heavy (non-hydrogen) atoms. The van der Waals surface area contributed by atoms with Crippen molar-refractivity contribution in [1.82, 2.24) is 15.0 Å². The molecule has 0 unspecified atom stereocenters. The van der Waals surface area contributed by atoms with Crippen molar-refractivity contribution in [1.29, 1.82) is 0 Å². The highest BCUT2D eigenvalue weighted by Crippen LogP contribution is 2.23. The van der Waals surface area contributed by atoms with Crippen LogP contribution in [0.3, 0.4) is 0 Å². The molecule has 4 nitrogen and oxygen atoms in total. The van der Waals surface area contributed by atoms with Crippen LogP contribution in [0, 0.1) is 6.92 Å². The van der Waals surface area contributed by atoms with Crippen molar-refractivity contribution in [3.05, 3.63) is 45.5 Å². The van der Waals surface area contributed by atoms with Crippen molar-refractivity contribution in [2.45, 2.75) is 20.0 Å². The zero-order valence-corrected chi connectivity index (χ0v) is 11.7. The van der Waals surface area contributed by atoms with Crippen molar-refractivity contribution < 1.29 is 4.52 Å². The van der Waals surface area contributed by atoms with E-state index in [2.05, 4.69) is 15.0 Å². The third-order valence-electron chi connectivity index (χ3n) is 2.41. The molecule has 0 atom stereocenters. The van der Waals surface area contributed by atoms with Crippen LogP contribution >= 0.6 is 23.2 Å². The molecule has 0 radical (unpaired) electrons.